The number of aliphatic hydroxyl groups is 1. The van der Waals surface area contributed by atoms with Crippen LogP contribution in [-0.2, 0) is 65.4 Å². The van der Waals surface area contributed by atoms with E-state index in [0.717, 1.165) is 108 Å². The normalized spacial score (nSPS) is 14.7. The number of phosphoric ester groups is 2. The molecule has 81 heavy (non-hydrogen) atoms. The molecule has 0 saturated carbocycles. The number of rotatable bonds is 61. The fourth-order valence-corrected chi connectivity index (χ4v) is 10.7. The van der Waals surface area contributed by atoms with E-state index in [1.807, 2.05) is 0 Å². The number of aliphatic hydroxyl groups excluding tert-OH is 1. The topological polar surface area (TPSA) is 237 Å². The smallest absolute Gasteiger partial charge is 0.462 e. The van der Waals surface area contributed by atoms with Crippen molar-refractivity contribution in [3.05, 3.63) is 0 Å². The summed E-state index contributed by atoms with van der Waals surface area (Å²) in [7, 11) is -9.88. The first-order chi connectivity index (χ1) is 38.9. The molecule has 6 atom stereocenters. The summed E-state index contributed by atoms with van der Waals surface area (Å²) in [6, 6.07) is 0. The van der Waals surface area contributed by atoms with Gasteiger partial charge in [-0.25, -0.2) is 9.13 Å². The SMILES string of the molecule is CCCCCCCCCCCCCCCCC(=O)O[C@H](COC(=O)CCCCCCCCCCCC(C)C)COP(=O)(O)OC[C@@H](O)COP(=O)(O)OC[C@@H](COC(=O)CCCCCCC)OC(=O)CCCCCCCCC(C)CC. The molecule has 0 aromatic carbocycles. The summed E-state index contributed by atoms with van der Waals surface area (Å²) >= 11 is 0. The Balaban J connectivity index is 5.19. The summed E-state index contributed by atoms with van der Waals surface area (Å²) in [5.74, 6) is -0.684. The second-order valence-corrected chi connectivity index (χ2v) is 26.1. The monoisotopic (exact) mass is 1200 g/mol. The molecule has 3 unspecified atom stereocenters. The number of hydrogen-bond acceptors (Lipinski definition) is 15. The molecule has 0 aliphatic carbocycles. The van der Waals surface area contributed by atoms with Crippen molar-refractivity contribution in [3.63, 3.8) is 0 Å². The second kappa shape index (κ2) is 54.7. The van der Waals surface area contributed by atoms with Gasteiger partial charge in [-0.3, -0.25) is 37.3 Å². The molecule has 19 heteroatoms. The highest BCUT2D eigenvalue weighted by atomic mass is 31.2. The molecule has 0 aromatic rings. The van der Waals surface area contributed by atoms with Gasteiger partial charge >= 0.3 is 39.5 Å². The van der Waals surface area contributed by atoms with E-state index in [0.29, 0.717) is 25.7 Å². The Morgan fingerprint density at radius 3 is 0.938 bits per heavy atom. The highest BCUT2D eigenvalue weighted by molar-refractivity contribution is 7.47. The third-order valence-electron chi connectivity index (χ3n) is 14.6. The van der Waals surface area contributed by atoms with Crippen LogP contribution in [0.1, 0.15) is 305 Å². The van der Waals surface area contributed by atoms with Gasteiger partial charge in [-0.2, -0.15) is 0 Å². The van der Waals surface area contributed by atoms with Crippen molar-refractivity contribution in [3.8, 4) is 0 Å². The summed E-state index contributed by atoms with van der Waals surface area (Å²) in [6.45, 7) is 9.33. The van der Waals surface area contributed by atoms with Crippen LogP contribution >= 0.6 is 15.6 Å². The highest BCUT2D eigenvalue weighted by Gasteiger charge is 2.30. The predicted molar refractivity (Wildman–Crippen MR) is 321 cm³/mol. The van der Waals surface area contributed by atoms with E-state index in [1.165, 1.54) is 116 Å². The lowest BCUT2D eigenvalue weighted by Crippen LogP contribution is -2.30. The third-order valence-corrected chi connectivity index (χ3v) is 16.5. The molecule has 0 aromatic heterocycles. The van der Waals surface area contributed by atoms with Crippen molar-refractivity contribution in [2.45, 2.75) is 323 Å². The van der Waals surface area contributed by atoms with Gasteiger partial charge in [0, 0.05) is 25.7 Å². The Kier molecular flexibility index (Phi) is 53.4. The Labute approximate surface area is 492 Å². The van der Waals surface area contributed by atoms with Crippen LogP contribution in [0.25, 0.3) is 0 Å². The lowest BCUT2D eigenvalue weighted by Gasteiger charge is -2.21. The zero-order valence-corrected chi connectivity index (χ0v) is 53.9. The second-order valence-electron chi connectivity index (χ2n) is 23.2. The first kappa shape index (κ1) is 79.1. The number of carbonyl (C=O) groups is 4. The first-order valence-corrected chi connectivity index (χ1v) is 35.5. The molecule has 0 radical (unpaired) electrons. The van der Waals surface area contributed by atoms with Crippen LogP contribution in [-0.4, -0.2) is 96.7 Å². The molecule has 0 fully saturated rings. The van der Waals surface area contributed by atoms with E-state index in [-0.39, 0.29) is 25.7 Å². The Hall–Kier alpha value is -1.94. The fraction of sp³-hybridized carbons (Fsp3) is 0.935. The number of ether oxygens (including phenoxy) is 4. The van der Waals surface area contributed by atoms with E-state index >= 15 is 0 Å². The maximum Gasteiger partial charge on any atom is 0.472 e. The quantitative estimate of drug-likeness (QED) is 0.0222. The Bertz CT molecular complexity index is 1600. The third kappa shape index (κ3) is 55.7. The highest BCUT2D eigenvalue weighted by Crippen LogP contribution is 2.45. The summed E-state index contributed by atoms with van der Waals surface area (Å²) in [5, 5.41) is 10.5. The van der Waals surface area contributed by atoms with Gasteiger partial charge in [0.2, 0.25) is 0 Å². The molecule has 480 valence electrons. The molecule has 0 bridgehead atoms. The van der Waals surface area contributed by atoms with Gasteiger partial charge in [0.1, 0.15) is 19.3 Å². The molecule has 17 nitrogen and oxygen atoms in total. The van der Waals surface area contributed by atoms with Gasteiger partial charge in [-0.15, -0.1) is 0 Å². The van der Waals surface area contributed by atoms with E-state index in [1.54, 1.807) is 0 Å². The predicted octanol–water partition coefficient (Wildman–Crippen LogP) is 16.9. The molecule has 0 aliphatic rings. The summed E-state index contributed by atoms with van der Waals surface area (Å²) in [5.41, 5.74) is 0. The van der Waals surface area contributed by atoms with Gasteiger partial charge < -0.3 is 33.8 Å². The van der Waals surface area contributed by atoms with Crippen molar-refractivity contribution in [2.75, 3.05) is 39.6 Å². The molecule has 0 saturated heterocycles. The minimum absolute atomic E-state index is 0.102. The standard InChI is InChI=1S/C62H120O17P2/c1-7-10-12-14-15-16-17-18-19-20-23-27-34-40-46-61(66)78-58(51-73-60(65)45-39-33-26-24-21-22-25-31-36-42-54(4)5)53-77-81(70,71)75-49-56(63)48-74-80(68,69)76-52-57(50-72-59(64)44-38-30-13-11-8-2)79-62(67)47-41-35-29-28-32-37-43-55(6)9-3/h54-58,63H,7-53H2,1-6H3,(H,68,69)(H,70,71)/t55?,56-,57+,58+/m0/s1. The Morgan fingerprint density at radius 2 is 0.630 bits per heavy atom. The number of phosphoric acid groups is 2. The minimum Gasteiger partial charge on any atom is -0.462 e. The van der Waals surface area contributed by atoms with Gasteiger partial charge in [0.25, 0.3) is 0 Å². The van der Waals surface area contributed by atoms with E-state index in [9.17, 15) is 43.2 Å². The summed E-state index contributed by atoms with van der Waals surface area (Å²) in [4.78, 5) is 71.9. The molecule has 0 aliphatic heterocycles. The largest absolute Gasteiger partial charge is 0.472 e. The zero-order valence-electron chi connectivity index (χ0n) is 52.1. The lowest BCUT2D eigenvalue weighted by molar-refractivity contribution is -0.161. The molecule has 0 amide bonds. The van der Waals surface area contributed by atoms with Crippen LogP contribution in [0.5, 0.6) is 0 Å². The van der Waals surface area contributed by atoms with E-state index in [4.69, 9.17) is 37.0 Å². The van der Waals surface area contributed by atoms with Crippen molar-refractivity contribution in [1.29, 1.82) is 0 Å². The molecule has 0 rings (SSSR count). The number of unbranched alkanes of at least 4 members (excludes halogenated alkanes) is 30. The zero-order chi connectivity index (χ0) is 60.1. The van der Waals surface area contributed by atoms with E-state index in [2.05, 4.69) is 41.5 Å². The molecule has 0 heterocycles. The maximum absolute atomic E-state index is 13.0. The van der Waals surface area contributed by atoms with Gasteiger partial charge in [0.15, 0.2) is 12.2 Å². The van der Waals surface area contributed by atoms with Crippen molar-refractivity contribution < 1.29 is 80.2 Å². The molecule has 3 N–H and O–H groups in total. The van der Waals surface area contributed by atoms with Crippen LogP contribution in [0.2, 0.25) is 0 Å². The van der Waals surface area contributed by atoms with Gasteiger partial charge in [-0.05, 0) is 37.5 Å². The van der Waals surface area contributed by atoms with Gasteiger partial charge in [-0.1, -0.05) is 253 Å². The average Bonchev–Trinajstić information content (AvgIpc) is 3.43. The van der Waals surface area contributed by atoms with Crippen molar-refractivity contribution in [1.82, 2.24) is 0 Å². The van der Waals surface area contributed by atoms with Crippen molar-refractivity contribution in [2.24, 2.45) is 11.8 Å². The van der Waals surface area contributed by atoms with Crippen LogP contribution in [0.15, 0.2) is 0 Å². The summed E-state index contributed by atoms with van der Waals surface area (Å²) < 4.78 is 67.7. The van der Waals surface area contributed by atoms with Crippen LogP contribution in [0.3, 0.4) is 0 Å². The van der Waals surface area contributed by atoms with Crippen molar-refractivity contribution >= 4 is 39.5 Å². The number of carbonyl (C=O) groups excluding carboxylic acids is 4. The van der Waals surface area contributed by atoms with Crippen LogP contribution in [0, 0.1) is 11.8 Å². The Morgan fingerprint density at radius 1 is 0.358 bits per heavy atom. The van der Waals surface area contributed by atoms with E-state index < -0.39 is 97.5 Å². The van der Waals surface area contributed by atoms with Gasteiger partial charge in [0.05, 0.1) is 26.4 Å². The lowest BCUT2D eigenvalue weighted by atomic mass is 10.00. The summed E-state index contributed by atoms with van der Waals surface area (Å²) in [6.07, 6.45) is 36.6. The molecular weight excluding hydrogens is 1080 g/mol. The molecular formula is C62H120O17P2. The number of hydrogen-bond donors (Lipinski definition) is 3. The van der Waals surface area contributed by atoms with Crippen LogP contribution in [0.4, 0.5) is 0 Å². The first-order valence-electron chi connectivity index (χ1n) is 32.5. The maximum atomic E-state index is 13.0. The molecule has 0 spiro atoms. The number of esters is 4. The fourth-order valence-electron chi connectivity index (χ4n) is 9.15. The van der Waals surface area contributed by atoms with Crippen LogP contribution < -0.4 is 0 Å². The average molecular weight is 1200 g/mol. The minimum atomic E-state index is -4.94.